The summed E-state index contributed by atoms with van der Waals surface area (Å²) in [6.45, 7) is 0. The summed E-state index contributed by atoms with van der Waals surface area (Å²) in [6.07, 6.45) is 3.47. The van der Waals surface area contributed by atoms with E-state index in [0.717, 1.165) is 23.5 Å². The maximum Gasteiger partial charge on any atom is 0.374 e. The molecule has 1 nitrogen and oxygen atoms in total. The first-order valence-electron chi connectivity index (χ1n) is 2.82. The van der Waals surface area contributed by atoms with E-state index in [0.29, 0.717) is 6.08 Å². The molecule has 0 aliphatic rings. The lowest BCUT2D eigenvalue weighted by molar-refractivity contribution is -0.149. The molecule has 0 rings (SSSR count). The summed E-state index contributed by atoms with van der Waals surface area (Å²) in [5.74, 6) is -3.98. The van der Waals surface area contributed by atoms with Gasteiger partial charge in [0.2, 0.25) is 0 Å². The van der Waals surface area contributed by atoms with Crippen LogP contribution in [0.3, 0.4) is 0 Å². The summed E-state index contributed by atoms with van der Waals surface area (Å²) < 4.78 is 36.6. The monoisotopic (exact) mass is 216 g/mol. The Morgan fingerprint density at radius 2 is 1.75 bits per heavy atom. The fourth-order valence-corrected chi connectivity index (χ4v) is 1.60. The van der Waals surface area contributed by atoms with Crippen molar-refractivity contribution < 1.29 is 18.0 Å². The van der Waals surface area contributed by atoms with Gasteiger partial charge in [-0.3, -0.25) is 4.79 Å². The minimum absolute atomic E-state index is 0.214. The van der Waals surface area contributed by atoms with Gasteiger partial charge < -0.3 is 0 Å². The Labute approximate surface area is 76.8 Å². The number of alkyl halides is 2. The van der Waals surface area contributed by atoms with Crippen molar-refractivity contribution in [3.8, 4) is 0 Å². The standard InChI is InChI=1S/C6H7F3OS2/c1-11-4(12-2)3-6(8,9)5(7)10/h3H,1-2H3. The number of halogens is 3. The summed E-state index contributed by atoms with van der Waals surface area (Å²) in [7, 11) is 0. The molecule has 0 heterocycles. The molecular formula is C6H7F3OS2. The molecule has 0 spiro atoms. The maximum atomic E-state index is 12.3. The third kappa shape index (κ3) is 3.53. The van der Waals surface area contributed by atoms with Crippen molar-refractivity contribution in [3.05, 3.63) is 10.3 Å². The summed E-state index contributed by atoms with van der Waals surface area (Å²) in [5.41, 5.74) is 0. The Kier molecular flexibility index (Phi) is 4.77. The molecular weight excluding hydrogens is 209 g/mol. The van der Waals surface area contributed by atoms with Crippen molar-refractivity contribution in [1.29, 1.82) is 0 Å². The van der Waals surface area contributed by atoms with E-state index in [-0.39, 0.29) is 4.24 Å². The zero-order chi connectivity index (χ0) is 9.78. The molecule has 0 saturated carbocycles. The molecule has 0 aliphatic carbocycles. The first kappa shape index (κ1) is 11.9. The van der Waals surface area contributed by atoms with Gasteiger partial charge in [0.15, 0.2) is 0 Å². The molecule has 0 atom stereocenters. The van der Waals surface area contributed by atoms with Crippen molar-refractivity contribution in [2.24, 2.45) is 0 Å². The average molecular weight is 216 g/mol. The van der Waals surface area contributed by atoms with Crippen molar-refractivity contribution in [2.75, 3.05) is 12.5 Å². The van der Waals surface area contributed by atoms with Gasteiger partial charge in [-0.25, -0.2) is 0 Å². The van der Waals surface area contributed by atoms with Crippen LogP contribution in [-0.2, 0) is 4.79 Å². The lowest BCUT2D eigenvalue weighted by Gasteiger charge is -2.06. The van der Waals surface area contributed by atoms with Crippen LogP contribution in [0.5, 0.6) is 0 Å². The fraction of sp³-hybridized carbons (Fsp3) is 0.500. The van der Waals surface area contributed by atoms with Gasteiger partial charge in [0.1, 0.15) is 0 Å². The lowest BCUT2D eigenvalue weighted by atomic mass is 10.3. The Hall–Kier alpha value is -0.100. The zero-order valence-corrected chi connectivity index (χ0v) is 8.07. The predicted molar refractivity (Wildman–Crippen MR) is 46.2 cm³/mol. The number of allylic oxidation sites excluding steroid dienone is 1. The van der Waals surface area contributed by atoms with Crippen molar-refractivity contribution in [2.45, 2.75) is 5.92 Å². The molecule has 0 saturated heterocycles. The molecule has 0 aromatic rings. The van der Waals surface area contributed by atoms with Gasteiger partial charge in [-0.2, -0.15) is 13.2 Å². The Morgan fingerprint density at radius 3 is 2.00 bits per heavy atom. The third-order valence-corrected chi connectivity index (χ3v) is 3.00. The third-order valence-electron chi connectivity index (χ3n) is 0.964. The van der Waals surface area contributed by atoms with E-state index in [4.69, 9.17) is 0 Å². The van der Waals surface area contributed by atoms with Gasteiger partial charge in [0, 0.05) is 10.3 Å². The minimum atomic E-state index is -3.98. The zero-order valence-electron chi connectivity index (χ0n) is 6.44. The van der Waals surface area contributed by atoms with Crippen LogP contribution in [0.25, 0.3) is 0 Å². The first-order chi connectivity index (χ1) is 5.44. The second-order valence-electron chi connectivity index (χ2n) is 1.77. The highest BCUT2D eigenvalue weighted by atomic mass is 32.2. The molecule has 0 radical (unpaired) electrons. The number of carbonyl (C=O) groups is 1. The molecule has 12 heavy (non-hydrogen) atoms. The average Bonchev–Trinajstić information content (AvgIpc) is 2.00. The molecule has 70 valence electrons. The maximum absolute atomic E-state index is 12.3. The highest BCUT2D eigenvalue weighted by Crippen LogP contribution is 2.29. The van der Waals surface area contributed by atoms with Crippen LogP contribution in [0.4, 0.5) is 13.2 Å². The smallest absolute Gasteiger partial charge is 0.254 e. The van der Waals surface area contributed by atoms with Gasteiger partial charge in [0.25, 0.3) is 0 Å². The number of rotatable bonds is 4. The Morgan fingerprint density at radius 1 is 1.33 bits per heavy atom. The van der Waals surface area contributed by atoms with E-state index >= 15 is 0 Å². The van der Waals surface area contributed by atoms with Crippen LogP contribution < -0.4 is 0 Å². The van der Waals surface area contributed by atoms with Crippen LogP contribution in [0.2, 0.25) is 0 Å². The number of thioether (sulfide) groups is 2. The molecule has 0 aromatic carbocycles. The van der Waals surface area contributed by atoms with Gasteiger partial charge in [0.05, 0.1) is 0 Å². The normalized spacial score (nSPS) is 11.1. The fourth-order valence-electron chi connectivity index (χ4n) is 0.406. The molecule has 6 heteroatoms. The molecule has 0 aromatic heterocycles. The van der Waals surface area contributed by atoms with E-state index in [9.17, 15) is 18.0 Å². The van der Waals surface area contributed by atoms with Crippen LogP contribution in [0.15, 0.2) is 10.3 Å². The first-order valence-corrected chi connectivity index (χ1v) is 5.27. The molecule has 0 aliphatic heterocycles. The van der Waals surface area contributed by atoms with Gasteiger partial charge in [-0.15, -0.1) is 23.5 Å². The number of hydrogen-bond acceptors (Lipinski definition) is 3. The molecule has 0 amide bonds. The van der Waals surface area contributed by atoms with Gasteiger partial charge in [-0.05, 0) is 12.5 Å². The van der Waals surface area contributed by atoms with E-state index < -0.39 is 12.0 Å². The topological polar surface area (TPSA) is 17.1 Å². The number of hydrogen-bond donors (Lipinski definition) is 0. The van der Waals surface area contributed by atoms with Crippen LogP contribution in [-0.4, -0.2) is 24.5 Å². The van der Waals surface area contributed by atoms with Crippen molar-refractivity contribution in [3.63, 3.8) is 0 Å². The largest absolute Gasteiger partial charge is 0.374 e. The second kappa shape index (κ2) is 4.81. The highest BCUT2D eigenvalue weighted by Gasteiger charge is 2.37. The number of carbonyl (C=O) groups excluding carboxylic acids is 1. The summed E-state index contributed by atoms with van der Waals surface area (Å²) >= 11 is 2.08. The Balaban J connectivity index is 4.57. The van der Waals surface area contributed by atoms with E-state index in [2.05, 4.69) is 0 Å². The van der Waals surface area contributed by atoms with E-state index in [1.807, 2.05) is 0 Å². The lowest BCUT2D eigenvalue weighted by Crippen LogP contribution is -2.21. The summed E-state index contributed by atoms with van der Waals surface area (Å²) in [4.78, 5) is 9.75. The predicted octanol–water partition coefficient (Wildman–Crippen LogP) is 2.69. The van der Waals surface area contributed by atoms with Crippen LogP contribution in [0.1, 0.15) is 0 Å². The van der Waals surface area contributed by atoms with Crippen molar-refractivity contribution >= 4 is 29.6 Å². The summed E-state index contributed by atoms with van der Waals surface area (Å²) in [6, 6.07) is -2.62. The molecule has 0 unspecified atom stereocenters. The molecule has 0 bridgehead atoms. The van der Waals surface area contributed by atoms with Crippen molar-refractivity contribution in [1.82, 2.24) is 0 Å². The Bertz CT molecular complexity index is 197. The van der Waals surface area contributed by atoms with Gasteiger partial charge in [-0.1, -0.05) is 0 Å². The van der Waals surface area contributed by atoms with Crippen LogP contribution in [0, 0.1) is 0 Å². The van der Waals surface area contributed by atoms with E-state index in [1.54, 1.807) is 12.5 Å². The summed E-state index contributed by atoms with van der Waals surface area (Å²) in [5, 5.41) is 0. The highest BCUT2D eigenvalue weighted by molar-refractivity contribution is 8.21. The van der Waals surface area contributed by atoms with E-state index in [1.165, 1.54) is 0 Å². The van der Waals surface area contributed by atoms with Gasteiger partial charge >= 0.3 is 12.0 Å². The second-order valence-corrected chi connectivity index (χ2v) is 3.72. The minimum Gasteiger partial charge on any atom is -0.254 e. The molecule has 0 N–H and O–H groups in total. The van der Waals surface area contributed by atoms with Crippen LogP contribution >= 0.6 is 23.5 Å². The quantitative estimate of drug-likeness (QED) is 0.672. The molecule has 0 fully saturated rings. The SMILES string of the molecule is CSC(=CC(F)(F)C(=O)F)SC.